The van der Waals surface area contributed by atoms with Crippen LogP contribution in [0.4, 0.5) is 0 Å². The molecule has 0 aliphatic carbocycles. The van der Waals surface area contributed by atoms with Crippen molar-refractivity contribution in [3.05, 3.63) is 65.9 Å². The lowest BCUT2D eigenvalue weighted by molar-refractivity contribution is -0.132. The summed E-state index contributed by atoms with van der Waals surface area (Å²) in [4.78, 5) is 28.2. The molecule has 2 aromatic carbocycles. The highest BCUT2D eigenvalue weighted by molar-refractivity contribution is 6.03. The van der Waals surface area contributed by atoms with Crippen molar-refractivity contribution in [2.24, 2.45) is 0 Å². The smallest absolute Gasteiger partial charge is 0.271 e. The molecule has 1 N–H and O–H groups in total. The molecule has 0 radical (unpaired) electrons. The average Bonchev–Trinajstić information content (AvgIpc) is 3.11. The van der Waals surface area contributed by atoms with E-state index < -0.39 is 5.54 Å². The van der Waals surface area contributed by atoms with Crippen molar-refractivity contribution in [1.29, 1.82) is 0 Å². The molecule has 1 aromatic heterocycles. The first-order valence-corrected chi connectivity index (χ1v) is 9.80. The second-order valence-electron chi connectivity index (χ2n) is 7.49. The maximum atomic E-state index is 13.3. The van der Waals surface area contributed by atoms with Crippen LogP contribution in [0.2, 0.25) is 0 Å². The summed E-state index contributed by atoms with van der Waals surface area (Å²) in [5.41, 5.74) is 1.51. The number of carbonyl (C=O) groups excluding carboxylic acids is 2. The van der Waals surface area contributed by atoms with E-state index >= 15 is 0 Å². The Kier molecular flexibility index (Phi) is 4.78. The number of fused-ring (bicyclic) bond motifs is 3. The normalized spacial score (nSPS) is 18.6. The van der Waals surface area contributed by atoms with Crippen LogP contribution < -0.4 is 10.1 Å². The monoisotopic (exact) mass is 391 g/mol. The second-order valence-corrected chi connectivity index (χ2v) is 7.49. The fraction of sp³-hybridized carbons (Fsp3) is 0.304. The summed E-state index contributed by atoms with van der Waals surface area (Å²) in [6.45, 7) is 4.95. The molecular weight excluding hydrogens is 366 g/mol. The Bertz CT molecular complexity index is 1090. The molecule has 4 rings (SSSR count). The van der Waals surface area contributed by atoms with E-state index in [4.69, 9.17) is 4.74 Å². The minimum absolute atomic E-state index is 0.120. The highest BCUT2D eigenvalue weighted by Gasteiger charge is 2.46. The van der Waals surface area contributed by atoms with Crippen molar-refractivity contribution < 1.29 is 14.3 Å². The van der Waals surface area contributed by atoms with Crippen molar-refractivity contribution >= 4 is 22.7 Å². The summed E-state index contributed by atoms with van der Waals surface area (Å²) in [5, 5.41) is 4.02. The number of aromatic nitrogens is 1. The standard InChI is InChI=1S/C23H25N3O3/c1-4-26-21(27)19-13-16-9-5-7-11-18(16)25(19)15-23(26,2)22(28)24-14-17-10-6-8-12-20(17)29-3/h5-13H,4,14-15H2,1-3H3,(H,24,28). The van der Waals surface area contributed by atoms with E-state index in [2.05, 4.69) is 5.32 Å². The quantitative estimate of drug-likeness (QED) is 0.726. The van der Waals surface area contributed by atoms with E-state index in [0.29, 0.717) is 25.3 Å². The molecule has 3 aromatic rings. The SMILES string of the molecule is CCN1C(=O)c2cc3ccccc3n2CC1(C)C(=O)NCc1ccccc1OC. The maximum Gasteiger partial charge on any atom is 0.271 e. The van der Waals surface area contributed by atoms with Gasteiger partial charge < -0.3 is 19.5 Å². The molecule has 0 bridgehead atoms. The van der Waals surface area contributed by atoms with Gasteiger partial charge in [0.15, 0.2) is 0 Å². The molecule has 0 saturated carbocycles. The van der Waals surface area contributed by atoms with Gasteiger partial charge in [-0.05, 0) is 32.0 Å². The molecule has 1 unspecified atom stereocenters. The highest BCUT2D eigenvalue weighted by Crippen LogP contribution is 2.32. The van der Waals surface area contributed by atoms with Gasteiger partial charge in [0.25, 0.3) is 5.91 Å². The number of amides is 2. The van der Waals surface area contributed by atoms with Crippen molar-refractivity contribution in [2.75, 3.05) is 13.7 Å². The Hall–Kier alpha value is -3.28. The predicted molar refractivity (Wildman–Crippen MR) is 112 cm³/mol. The second kappa shape index (κ2) is 7.28. The van der Waals surface area contributed by atoms with Crippen LogP contribution in [0.15, 0.2) is 54.6 Å². The average molecular weight is 391 g/mol. The molecule has 0 saturated heterocycles. The van der Waals surface area contributed by atoms with E-state index in [1.807, 2.05) is 73.0 Å². The van der Waals surface area contributed by atoms with E-state index in [1.54, 1.807) is 12.0 Å². The Labute approximate surface area is 170 Å². The lowest BCUT2D eigenvalue weighted by Gasteiger charge is -2.43. The summed E-state index contributed by atoms with van der Waals surface area (Å²) in [5.74, 6) is 0.427. The first-order chi connectivity index (χ1) is 14.0. The van der Waals surface area contributed by atoms with Crippen LogP contribution >= 0.6 is 0 Å². The number of benzene rings is 2. The van der Waals surface area contributed by atoms with Crippen LogP contribution in [0.5, 0.6) is 5.75 Å². The van der Waals surface area contributed by atoms with Gasteiger partial charge in [0.1, 0.15) is 17.0 Å². The summed E-state index contributed by atoms with van der Waals surface area (Å²) in [7, 11) is 1.61. The number of methoxy groups -OCH3 is 1. The van der Waals surface area contributed by atoms with Gasteiger partial charge in [-0.25, -0.2) is 0 Å². The summed E-state index contributed by atoms with van der Waals surface area (Å²) < 4.78 is 7.34. The Morgan fingerprint density at radius 1 is 1.17 bits per heavy atom. The highest BCUT2D eigenvalue weighted by atomic mass is 16.5. The van der Waals surface area contributed by atoms with Crippen molar-refractivity contribution in [3.63, 3.8) is 0 Å². The predicted octanol–water partition coefficient (Wildman–Crippen LogP) is 3.20. The van der Waals surface area contributed by atoms with Crippen LogP contribution in [0, 0.1) is 0 Å². The molecule has 2 amide bonds. The molecule has 1 atom stereocenters. The third-order valence-corrected chi connectivity index (χ3v) is 5.77. The van der Waals surface area contributed by atoms with E-state index in [0.717, 1.165) is 22.2 Å². The number of carbonyl (C=O) groups is 2. The number of para-hydroxylation sites is 2. The Morgan fingerprint density at radius 3 is 2.66 bits per heavy atom. The maximum absolute atomic E-state index is 13.3. The molecule has 1 aliphatic rings. The van der Waals surface area contributed by atoms with Gasteiger partial charge in [-0.1, -0.05) is 36.4 Å². The van der Waals surface area contributed by atoms with E-state index in [-0.39, 0.29) is 11.8 Å². The number of ether oxygens (including phenoxy) is 1. The number of rotatable bonds is 5. The minimum Gasteiger partial charge on any atom is -0.496 e. The number of nitrogens with one attached hydrogen (secondary N) is 1. The van der Waals surface area contributed by atoms with Gasteiger partial charge in [0.05, 0.1) is 13.7 Å². The van der Waals surface area contributed by atoms with E-state index in [9.17, 15) is 9.59 Å². The zero-order valence-corrected chi connectivity index (χ0v) is 16.9. The molecule has 29 heavy (non-hydrogen) atoms. The van der Waals surface area contributed by atoms with Crippen molar-refractivity contribution in [1.82, 2.24) is 14.8 Å². The zero-order chi connectivity index (χ0) is 20.6. The van der Waals surface area contributed by atoms with Crippen LogP contribution in [0.1, 0.15) is 29.9 Å². The molecule has 0 fully saturated rings. The number of likely N-dealkylation sites (N-methyl/N-ethyl adjacent to an activating group) is 1. The fourth-order valence-corrected chi connectivity index (χ4v) is 4.22. The number of hydrogen-bond donors (Lipinski definition) is 1. The Balaban J connectivity index is 1.66. The lowest BCUT2D eigenvalue weighted by atomic mass is 9.94. The van der Waals surface area contributed by atoms with Crippen LogP contribution in [-0.2, 0) is 17.9 Å². The van der Waals surface area contributed by atoms with Gasteiger partial charge >= 0.3 is 0 Å². The van der Waals surface area contributed by atoms with Gasteiger partial charge in [-0.2, -0.15) is 0 Å². The van der Waals surface area contributed by atoms with E-state index in [1.165, 1.54) is 0 Å². The largest absolute Gasteiger partial charge is 0.496 e. The molecular formula is C23H25N3O3. The third kappa shape index (κ3) is 3.05. The molecule has 150 valence electrons. The first kappa shape index (κ1) is 19.1. The zero-order valence-electron chi connectivity index (χ0n) is 16.9. The molecule has 1 aliphatic heterocycles. The van der Waals surface area contributed by atoms with Crippen LogP contribution in [0.3, 0.4) is 0 Å². The molecule has 6 heteroatoms. The topological polar surface area (TPSA) is 63.6 Å². The van der Waals surface area contributed by atoms with Gasteiger partial charge in [0.2, 0.25) is 5.91 Å². The minimum atomic E-state index is -0.983. The summed E-state index contributed by atoms with van der Waals surface area (Å²) >= 11 is 0. The lowest BCUT2D eigenvalue weighted by Crippen LogP contribution is -2.63. The van der Waals surface area contributed by atoms with Crippen LogP contribution in [-0.4, -0.2) is 40.5 Å². The number of nitrogens with zero attached hydrogens (tertiary/aromatic N) is 2. The van der Waals surface area contributed by atoms with Gasteiger partial charge in [-0.3, -0.25) is 9.59 Å². The fourth-order valence-electron chi connectivity index (χ4n) is 4.22. The van der Waals surface area contributed by atoms with Gasteiger partial charge in [-0.15, -0.1) is 0 Å². The first-order valence-electron chi connectivity index (χ1n) is 9.80. The number of hydrogen-bond acceptors (Lipinski definition) is 3. The van der Waals surface area contributed by atoms with Gasteiger partial charge in [0, 0.05) is 29.6 Å². The van der Waals surface area contributed by atoms with Crippen LogP contribution in [0.25, 0.3) is 10.9 Å². The molecule has 6 nitrogen and oxygen atoms in total. The Morgan fingerprint density at radius 2 is 1.90 bits per heavy atom. The van der Waals surface area contributed by atoms with Crippen molar-refractivity contribution in [2.45, 2.75) is 32.5 Å². The summed E-state index contributed by atoms with van der Waals surface area (Å²) in [6.07, 6.45) is 0. The molecule has 0 spiro atoms. The molecule has 2 heterocycles. The summed E-state index contributed by atoms with van der Waals surface area (Å²) in [6, 6.07) is 17.4. The van der Waals surface area contributed by atoms with Crippen molar-refractivity contribution in [3.8, 4) is 5.75 Å². The third-order valence-electron chi connectivity index (χ3n) is 5.77.